The quantitative estimate of drug-likeness (QED) is 0.538. The van der Waals surface area contributed by atoms with Crippen LogP contribution in [0.4, 0.5) is 0 Å². The van der Waals surface area contributed by atoms with Crippen molar-refractivity contribution in [1.29, 1.82) is 0 Å². The smallest absolute Gasteiger partial charge is 0.323 e. The van der Waals surface area contributed by atoms with E-state index in [4.69, 9.17) is 0 Å². The van der Waals surface area contributed by atoms with E-state index in [1.54, 1.807) is 30.3 Å². The first-order chi connectivity index (χ1) is 12.4. The minimum atomic E-state index is -3.98. The Morgan fingerprint density at radius 3 is 2.46 bits per heavy atom. The van der Waals surface area contributed by atoms with Gasteiger partial charge < -0.3 is 15.0 Å². The maximum atomic E-state index is 13.0. The van der Waals surface area contributed by atoms with Crippen LogP contribution in [0.3, 0.4) is 0 Å². The van der Waals surface area contributed by atoms with E-state index in [1.165, 1.54) is 6.92 Å². The molecule has 0 saturated heterocycles. The lowest BCUT2D eigenvalue weighted by atomic mass is 10.0. The molecular weight excluding hydrogens is 349 g/mol. The first-order valence-electron chi connectivity index (χ1n) is 8.52. The summed E-state index contributed by atoms with van der Waals surface area (Å²) in [5.74, 6) is -1.28. The summed E-state index contributed by atoms with van der Waals surface area (Å²) in [6.45, 7) is 1.34. The third-order valence-electron chi connectivity index (χ3n) is 5.03. The van der Waals surface area contributed by atoms with Gasteiger partial charge in [0.2, 0.25) is 7.37 Å². The summed E-state index contributed by atoms with van der Waals surface area (Å²) in [7, 11) is -3.98. The average Bonchev–Trinajstić information content (AvgIpc) is 3.04. The molecule has 0 aliphatic rings. The first kappa shape index (κ1) is 18.4. The highest BCUT2D eigenvalue weighted by atomic mass is 31.2. The van der Waals surface area contributed by atoms with Crippen molar-refractivity contribution in [3.63, 3.8) is 0 Å². The van der Waals surface area contributed by atoms with Crippen molar-refractivity contribution in [1.82, 2.24) is 4.98 Å². The fourth-order valence-corrected chi connectivity index (χ4v) is 5.17. The van der Waals surface area contributed by atoms with Crippen LogP contribution in [0.25, 0.3) is 10.9 Å². The van der Waals surface area contributed by atoms with Gasteiger partial charge in [-0.05, 0) is 37.0 Å². The number of carbonyl (C=O) groups is 1. The molecule has 2 atom stereocenters. The van der Waals surface area contributed by atoms with Gasteiger partial charge in [0.05, 0.1) is 0 Å². The Balaban J connectivity index is 1.79. The summed E-state index contributed by atoms with van der Waals surface area (Å²) in [6.07, 6.45) is 2.90. The van der Waals surface area contributed by atoms with Crippen LogP contribution in [0.5, 0.6) is 0 Å². The van der Waals surface area contributed by atoms with Crippen LogP contribution in [0.2, 0.25) is 0 Å². The second-order valence-electron chi connectivity index (χ2n) is 6.63. The lowest BCUT2D eigenvalue weighted by molar-refractivity contribution is -0.140. The van der Waals surface area contributed by atoms with Crippen LogP contribution in [-0.2, 0) is 20.9 Å². The average molecular weight is 371 g/mol. The van der Waals surface area contributed by atoms with Crippen LogP contribution in [-0.4, -0.2) is 27.1 Å². The SMILES string of the molecule is CC(C(=O)O)(c1ccccc1)P(=O)(O)CCCc1c[nH]c2ccccc12. The van der Waals surface area contributed by atoms with E-state index in [9.17, 15) is 19.4 Å². The van der Waals surface area contributed by atoms with Crippen LogP contribution in [0, 0.1) is 0 Å². The molecule has 0 aliphatic carbocycles. The van der Waals surface area contributed by atoms with Gasteiger partial charge in [0, 0.05) is 23.3 Å². The Morgan fingerprint density at radius 2 is 1.77 bits per heavy atom. The fourth-order valence-electron chi connectivity index (χ4n) is 3.28. The van der Waals surface area contributed by atoms with Crippen molar-refractivity contribution >= 4 is 24.2 Å². The molecule has 1 aromatic heterocycles. The molecule has 0 spiro atoms. The second-order valence-corrected chi connectivity index (χ2v) is 9.38. The summed E-state index contributed by atoms with van der Waals surface area (Å²) < 4.78 is 13.0. The number of rotatable bonds is 7. The summed E-state index contributed by atoms with van der Waals surface area (Å²) in [4.78, 5) is 25.7. The molecule has 26 heavy (non-hydrogen) atoms. The molecular formula is C20H22NO4P. The summed E-state index contributed by atoms with van der Waals surface area (Å²) in [5.41, 5.74) is 2.44. The van der Waals surface area contributed by atoms with E-state index in [-0.39, 0.29) is 6.16 Å². The molecule has 3 aromatic rings. The Kier molecular flexibility index (Phi) is 5.03. The summed E-state index contributed by atoms with van der Waals surface area (Å²) >= 11 is 0. The van der Waals surface area contributed by atoms with Gasteiger partial charge in [0.15, 0.2) is 5.16 Å². The molecule has 136 valence electrons. The standard InChI is InChI=1S/C20H22NO4P/c1-20(19(22)23,16-9-3-2-4-10-16)26(24,25)13-7-8-15-14-21-18-12-6-5-11-17(15)18/h2-6,9-12,14,21H,7-8,13H2,1H3,(H,22,23)(H,24,25). The number of aromatic amines is 1. The number of aliphatic carboxylic acids is 1. The molecule has 0 bridgehead atoms. The number of nitrogens with one attached hydrogen (secondary N) is 1. The highest BCUT2D eigenvalue weighted by Gasteiger charge is 2.50. The lowest BCUT2D eigenvalue weighted by Gasteiger charge is -2.30. The Bertz CT molecular complexity index is 966. The molecule has 0 aliphatic heterocycles. The zero-order chi connectivity index (χ0) is 18.8. The van der Waals surface area contributed by atoms with Crippen LogP contribution in [0.1, 0.15) is 24.5 Å². The normalized spacial score (nSPS) is 16.1. The molecule has 6 heteroatoms. The molecule has 2 unspecified atom stereocenters. The zero-order valence-electron chi connectivity index (χ0n) is 14.6. The van der Waals surface area contributed by atoms with Gasteiger partial charge in [-0.15, -0.1) is 0 Å². The van der Waals surface area contributed by atoms with Crippen molar-refractivity contribution in [2.45, 2.75) is 24.9 Å². The first-order valence-corrected chi connectivity index (χ1v) is 10.4. The number of carboxylic acids is 1. The minimum absolute atomic E-state index is 0.0514. The van der Waals surface area contributed by atoms with Gasteiger partial charge in [0.25, 0.3) is 0 Å². The number of aryl methyl sites for hydroxylation is 1. The maximum absolute atomic E-state index is 13.0. The Hall–Kier alpha value is -2.36. The van der Waals surface area contributed by atoms with Crippen LogP contribution < -0.4 is 0 Å². The summed E-state index contributed by atoms with van der Waals surface area (Å²) in [5, 5.41) is 8.99. The molecule has 1 heterocycles. The van der Waals surface area contributed by atoms with Gasteiger partial charge >= 0.3 is 5.97 Å². The van der Waals surface area contributed by atoms with Crippen molar-refractivity contribution < 1.29 is 19.4 Å². The lowest BCUT2D eigenvalue weighted by Crippen LogP contribution is -2.33. The van der Waals surface area contributed by atoms with Gasteiger partial charge in [-0.25, -0.2) is 0 Å². The van der Waals surface area contributed by atoms with Crippen molar-refractivity contribution in [3.05, 3.63) is 71.9 Å². The Morgan fingerprint density at radius 1 is 1.12 bits per heavy atom. The monoisotopic (exact) mass is 371 g/mol. The fraction of sp³-hybridized carbons (Fsp3) is 0.250. The van der Waals surface area contributed by atoms with Crippen molar-refractivity contribution in [2.24, 2.45) is 0 Å². The number of hydrogen-bond donors (Lipinski definition) is 3. The number of hydrogen-bond acceptors (Lipinski definition) is 2. The predicted molar refractivity (Wildman–Crippen MR) is 103 cm³/mol. The van der Waals surface area contributed by atoms with Crippen molar-refractivity contribution in [3.8, 4) is 0 Å². The maximum Gasteiger partial charge on any atom is 0.323 e. The third-order valence-corrected chi connectivity index (χ3v) is 7.80. The third kappa shape index (κ3) is 3.20. The van der Waals surface area contributed by atoms with Crippen LogP contribution >= 0.6 is 7.37 Å². The highest BCUT2D eigenvalue weighted by Crippen LogP contribution is 2.60. The molecule has 3 N–H and O–H groups in total. The molecule has 0 radical (unpaired) electrons. The molecule has 5 nitrogen and oxygen atoms in total. The predicted octanol–water partition coefficient (Wildman–Crippen LogP) is 4.37. The number of fused-ring (bicyclic) bond motifs is 1. The Labute approximate surface area is 152 Å². The van der Waals surface area contributed by atoms with Gasteiger partial charge in [-0.2, -0.15) is 0 Å². The highest BCUT2D eigenvalue weighted by molar-refractivity contribution is 7.60. The molecule has 0 amide bonds. The van der Waals surface area contributed by atoms with E-state index >= 15 is 0 Å². The van der Waals surface area contributed by atoms with Crippen LogP contribution in [0.15, 0.2) is 60.8 Å². The van der Waals surface area contributed by atoms with Crippen molar-refractivity contribution in [2.75, 3.05) is 6.16 Å². The number of para-hydroxylation sites is 1. The molecule has 2 aromatic carbocycles. The van der Waals surface area contributed by atoms with E-state index in [1.807, 2.05) is 30.5 Å². The van der Waals surface area contributed by atoms with E-state index < -0.39 is 18.5 Å². The zero-order valence-corrected chi connectivity index (χ0v) is 15.4. The number of H-pyrrole nitrogens is 1. The van der Waals surface area contributed by atoms with E-state index in [2.05, 4.69) is 4.98 Å². The summed E-state index contributed by atoms with van der Waals surface area (Å²) in [6, 6.07) is 16.2. The molecule has 3 rings (SSSR count). The number of carboxylic acid groups (broad SMARTS) is 1. The van der Waals surface area contributed by atoms with Gasteiger partial charge in [0.1, 0.15) is 0 Å². The molecule has 0 fully saturated rings. The van der Waals surface area contributed by atoms with Gasteiger partial charge in [-0.1, -0.05) is 48.5 Å². The van der Waals surface area contributed by atoms with Gasteiger partial charge in [-0.3, -0.25) is 9.36 Å². The van der Waals surface area contributed by atoms with E-state index in [0.29, 0.717) is 18.4 Å². The number of benzene rings is 2. The molecule has 0 saturated carbocycles. The number of aromatic nitrogens is 1. The largest absolute Gasteiger partial charge is 0.480 e. The van der Waals surface area contributed by atoms with E-state index in [0.717, 1.165) is 16.5 Å². The topological polar surface area (TPSA) is 90.4 Å². The minimum Gasteiger partial charge on any atom is -0.480 e. The second kappa shape index (κ2) is 7.10.